The molecule has 0 radical (unpaired) electrons. The SMILES string of the molecule is CC(O)C(C)OC1(C)CNC1. The molecule has 0 spiro atoms. The predicted molar refractivity (Wildman–Crippen MR) is 43.5 cm³/mol. The number of aliphatic hydroxyl groups excluding tert-OH is 1. The summed E-state index contributed by atoms with van der Waals surface area (Å²) in [7, 11) is 0. The zero-order valence-electron chi connectivity index (χ0n) is 7.42. The Kier molecular flexibility index (Phi) is 2.52. The van der Waals surface area contributed by atoms with E-state index in [0.717, 1.165) is 13.1 Å². The van der Waals surface area contributed by atoms with Crippen LogP contribution in [0.1, 0.15) is 20.8 Å². The van der Waals surface area contributed by atoms with E-state index in [4.69, 9.17) is 9.84 Å². The highest BCUT2D eigenvalue weighted by Gasteiger charge is 2.34. The van der Waals surface area contributed by atoms with Crippen molar-refractivity contribution in [3.63, 3.8) is 0 Å². The zero-order chi connectivity index (χ0) is 8.48. The minimum Gasteiger partial charge on any atom is -0.391 e. The Bertz CT molecular complexity index is 132. The third kappa shape index (κ3) is 2.15. The van der Waals surface area contributed by atoms with Crippen molar-refractivity contribution < 1.29 is 9.84 Å². The first-order valence-corrected chi connectivity index (χ1v) is 4.10. The number of hydrogen-bond acceptors (Lipinski definition) is 3. The molecule has 0 bridgehead atoms. The molecule has 2 N–H and O–H groups in total. The molecular weight excluding hydrogens is 142 g/mol. The Morgan fingerprint density at radius 1 is 1.45 bits per heavy atom. The number of hydrogen-bond donors (Lipinski definition) is 2. The molecule has 0 aromatic rings. The lowest BCUT2D eigenvalue weighted by Crippen LogP contribution is -2.60. The van der Waals surface area contributed by atoms with E-state index in [1.807, 2.05) is 6.92 Å². The monoisotopic (exact) mass is 159 g/mol. The topological polar surface area (TPSA) is 41.5 Å². The van der Waals surface area contributed by atoms with Crippen LogP contribution < -0.4 is 5.32 Å². The maximum atomic E-state index is 9.16. The lowest BCUT2D eigenvalue weighted by molar-refractivity contribution is -0.136. The van der Waals surface area contributed by atoms with E-state index in [0.29, 0.717) is 0 Å². The third-order valence-electron chi connectivity index (χ3n) is 2.15. The normalized spacial score (nSPS) is 27.3. The lowest BCUT2D eigenvalue weighted by Gasteiger charge is -2.41. The van der Waals surface area contributed by atoms with Gasteiger partial charge in [-0.25, -0.2) is 0 Å². The molecule has 0 aliphatic carbocycles. The van der Waals surface area contributed by atoms with Crippen LogP contribution in [0, 0.1) is 0 Å². The minimum atomic E-state index is -0.382. The fraction of sp³-hybridized carbons (Fsp3) is 1.00. The molecular formula is C8H17NO2. The van der Waals surface area contributed by atoms with Crippen molar-refractivity contribution in [3.05, 3.63) is 0 Å². The zero-order valence-corrected chi connectivity index (χ0v) is 7.42. The van der Waals surface area contributed by atoms with Gasteiger partial charge in [-0.15, -0.1) is 0 Å². The van der Waals surface area contributed by atoms with Gasteiger partial charge in [-0.3, -0.25) is 0 Å². The fourth-order valence-electron chi connectivity index (χ4n) is 1.11. The molecule has 1 heterocycles. The molecule has 1 aliphatic heterocycles. The van der Waals surface area contributed by atoms with Crippen molar-refractivity contribution in [2.45, 2.75) is 38.6 Å². The largest absolute Gasteiger partial charge is 0.391 e. The van der Waals surface area contributed by atoms with Gasteiger partial charge in [0.1, 0.15) is 0 Å². The van der Waals surface area contributed by atoms with Crippen LogP contribution in [-0.4, -0.2) is 36.0 Å². The lowest BCUT2D eigenvalue weighted by atomic mass is 9.99. The van der Waals surface area contributed by atoms with Crippen molar-refractivity contribution in [2.24, 2.45) is 0 Å². The summed E-state index contributed by atoms with van der Waals surface area (Å²) in [5.74, 6) is 0. The first-order valence-electron chi connectivity index (χ1n) is 4.10. The van der Waals surface area contributed by atoms with Gasteiger partial charge in [-0.1, -0.05) is 0 Å². The smallest absolute Gasteiger partial charge is 0.0906 e. The summed E-state index contributed by atoms with van der Waals surface area (Å²) in [6, 6.07) is 0. The Labute approximate surface area is 67.7 Å². The van der Waals surface area contributed by atoms with Gasteiger partial charge in [0, 0.05) is 13.1 Å². The van der Waals surface area contributed by atoms with Crippen LogP contribution in [0.2, 0.25) is 0 Å². The summed E-state index contributed by atoms with van der Waals surface area (Å²) in [5, 5.41) is 12.3. The van der Waals surface area contributed by atoms with Crippen LogP contribution in [-0.2, 0) is 4.74 Å². The maximum absolute atomic E-state index is 9.16. The highest BCUT2D eigenvalue weighted by atomic mass is 16.5. The number of ether oxygens (including phenoxy) is 1. The second-order valence-corrected chi connectivity index (χ2v) is 3.62. The average Bonchev–Trinajstić information content (AvgIpc) is 1.84. The Hall–Kier alpha value is -0.120. The standard InChI is InChI=1S/C8H17NO2/c1-6(10)7(2)11-8(3)4-9-5-8/h6-7,9-10H,4-5H2,1-3H3. The van der Waals surface area contributed by atoms with Crippen molar-refractivity contribution >= 4 is 0 Å². The molecule has 1 saturated heterocycles. The number of rotatable bonds is 3. The van der Waals surface area contributed by atoms with Crippen LogP contribution in [0.4, 0.5) is 0 Å². The van der Waals surface area contributed by atoms with E-state index in [9.17, 15) is 0 Å². The molecule has 3 nitrogen and oxygen atoms in total. The van der Waals surface area contributed by atoms with E-state index >= 15 is 0 Å². The van der Waals surface area contributed by atoms with E-state index in [1.54, 1.807) is 6.92 Å². The fourth-order valence-corrected chi connectivity index (χ4v) is 1.11. The summed E-state index contributed by atoms with van der Waals surface area (Å²) in [6.45, 7) is 7.49. The van der Waals surface area contributed by atoms with E-state index < -0.39 is 0 Å². The molecule has 1 rings (SSSR count). The molecule has 11 heavy (non-hydrogen) atoms. The molecule has 0 saturated carbocycles. The quantitative estimate of drug-likeness (QED) is 0.615. The number of nitrogens with one attached hydrogen (secondary N) is 1. The molecule has 1 fully saturated rings. The summed E-state index contributed by atoms with van der Waals surface area (Å²) >= 11 is 0. The summed E-state index contributed by atoms with van der Waals surface area (Å²) in [5.41, 5.74) is -0.0452. The maximum Gasteiger partial charge on any atom is 0.0906 e. The first-order chi connectivity index (χ1) is 5.03. The van der Waals surface area contributed by atoms with Crippen LogP contribution in [0.5, 0.6) is 0 Å². The van der Waals surface area contributed by atoms with Gasteiger partial charge in [0.15, 0.2) is 0 Å². The summed E-state index contributed by atoms with van der Waals surface area (Å²) < 4.78 is 5.62. The van der Waals surface area contributed by atoms with Crippen LogP contribution in [0.15, 0.2) is 0 Å². The molecule has 0 aromatic heterocycles. The van der Waals surface area contributed by atoms with Gasteiger partial charge in [-0.05, 0) is 20.8 Å². The van der Waals surface area contributed by atoms with Gasteiger partial charge >= 0.3 is 0 Å². The molecule has 3 heteroatoms. The van der Waals surface area contributed by atoms with E-state index in [1.165, 1.54) is 0 Å². The van der Waals surface area contributed by atoms with Crippen molar-refractivity contribution in [1.82, 2.24) is 5.32 Å². The average molecular weight is 159 g/mol. The van der Waals surface area contributed by atoms with Crippen LogP contribution in [0.3, 0.4) is 0 Å². The molecule has 2 atom stereocenters. The van der Waals surface area contributed by atoms with Crippen molar-refractivity contribution in [2.75, 3.05) is 13.1 Å². The van der Waals surface area contributed by atoms with Gasteiger partial charge in [-0.2, -0.15) is 0 Å². The highest BCUT2D eigenvalue weighted by Crippen LogP contribution is 2.18. The first kappa shape index (κ1) is 8.97. The summed E-state index contributed by atoms with van der Waals surface area (Å²) in [6.07, 6.45) is -0.450. The Morgan fingerprint density at radius 3 is 2.27 bits per heavy atom. The van der Waals surface area contributed by atoms with E-state index in [2.05, 4.69) is 12.2 Å². The minimum absolute atomic E-state index is 0.0452. The van der Waals surface area contributed by atoms with Crippen molar-refractivity contribution in [1.29, 1.82) is 0 Å². The van der Waals surface area contributed by atoms with E-state index in [-0.39, 0.29) is 17.8 Å². The number of aliphatic hydroxyl groups is 1. The highest BCUT2D eigenvalue weighted by molar-refractivity contribution is 4.91. The molecule has 0 aromatic carbocycles. The molecule has 2 unspecified atom stereocenters. The third-order valence-corrected chi connectivity index (χ3v) is 2.15. The van der Waals surface area contributed by atoms with Gasteiger partial charge in [0.05, 0.1) is 17.8 Å². The van der Waals surface area contributed by atoms with Crippen LogP contribution >= 0.6 is 0 Å². The molecule has 66 valence electrons. The Balaban J connectivity index is 2.29. The summed E-state index contributed by atoms with van der Waals surface area (Å²) in [4.78, 5) is 0. The van der Waals surface area contributed by atoms with Crippen LogP contribution in [0.25, 0.3) is 0 Å². The second-order valence-electron chi connectivity index (χ2n) is 3.62. The van der Waals surface area contributed by atoms with Gasteiger partial charge < -0.3 is 15.2 Å². The van der Waals surface area contributed by atoms with Crippen molar-refractivity contribution in [3.8, 4) is 0 Å². The molecule has 1 aliphatic rings. The predicted octanol–water partition coefficient (Wildman–Crippen LogP) is 0.134. The second kappa shape index (κ2) is 3.09. The molecule has 0 amide bonds. The van der Waals surface area contributed by atoms with Gasteiger partial charge in [0.2, 0.25) is 0 Å². The van der Waals surface area contributed by atoms with Gasteiger partial charge in [0.25, 0.3) is 0 Å². The Morgan fingerprint density at radius 2 is 2.00 bits per heavy atom.